The molecule has 0 fully saturated rings. The Hall–Kier alpha value is -0.310. The van der Waals surface area contributed by atoms with Crippen LogP contribution in [0.5, 0.6) is 0 Å². The summed E-state index contributed by atoms with van der Waals surface area (Å²) in [5.41, 5.74) is 0.290. The van der Waals surface area contributed by atoms with E-state index in [0.29, 0.717) is 5.92 Å². The molecule has 0 aromatic carbocycles. The van der Waals surface area contributed by atoms with E-state index in [9.17, 15) is 0 Å². The van der Waals surface area contributed by atoms with Crippen molar-refractivity contribution in [3.8, 4) is 0 Å². The highest BCUT2D eigenvalue weighted by Crippen LogP contribution is 2.24. The SMILES string of the molecule is CCCNC(=S)NCC(C)(C)C(C)C. The van der Waals surface area contributed by atoms with Gasteiger partial charge in [-0.1, -0.05) is 34.6 Å². The summed E-state index contributed by atoms with van der Waals surface area (Å²) in [7, 11) is 0. The van der Waals surface area contributed by atoms with Crippen LogP contribution >= 0.6 is 12.2 Å². The fraction of sp³-hybridized carbons (Fsp3) is 0.909. The quantitative estimate of drug-likeness (QED) is 0.691. The predicted octanol–water partition coefficient (Wildman–Crippen LogP) is 2.54. The number of nitrogens with one attached hydrogen (secondary N) is 2. The highest BCUT2D eigenvalue weighted by molar-refractivity contribution is 7.80. The zero-order valence-corrected chi connectivity index (χ0v) is 10.9. The van der Waals surface area contributed by atoms with Crippen molar-refractivity contribution in [1.29, 1.82) is 0 Å². The molecule has 0 spiro atoms. The van der Waals surface area contributed by atoms with E-state index in [4.69, 9.17) is 12.2 Å². The Morgan fingerprint density at radius 3 is 2.29 bits per heavy atom. The van der Waals surface area contributed by atoms with Crippen molar-refractivity contribution in [2.45, 2.75) is 41.0 Å². The van der Waals surface area contributed by atoms with E-state index in [1.165, 1.54) is 0 Å². The molecule has 84 valence electrons. The lowest BCUT2D eigenvalue weighted by Crippen LogP contribution is -2.42. The summed E-state index contributed by atoms with van der Waals surface area (Å²) in [6, 6.07) is 0. The normalized spacial score (nSPS) is 11.6. The van der Waals surface area contributed by atoms with Gasteiger partial charge >= 0.3 is 0 Å². The Balaban J connectivity index is 3.76. The van der Waals surface area contributed by atoms with Crippen LogP contribution in [0.15, 0.2) is 0 Å². The van der Waals surface area contributed by atoms with Gasteiger partial charge in [-0.15, -0.1) is 0 Å². The van der Waals surface area contributed by atoms with Gasteiger partial charge in [0.1, 0.15) is 0 Å². The Bertz CT molecular complexity index is 176. The smallest absolute Gasteiger partial charge is 0.166 e. The molecule has 0 radical (unpaired) electrons. The second-order valence-electron chi connectivity index (χ2n) is 4.75. The molecular formula is C11H24N2S. The first-order chi connectivity index (χ1) is 6.40. The summed E-state index contributed by atoms with van der Waals surface area (Å²) >= 11 is 5.15. The van der Waals surface area contributed by atoms with E-state index in [2.05, 4.69) is 45.3 Å². The highest BCUT2D eigenvalue weighted by Gasteiger charge is 2.21. The minimum Gasteiger partial charge on any atom is -0.363 e. The van der Waals surface area contributed by atoms with Crippen molar-refractivity contribution in [2.24, 2.45) is 11.3 Å². The summed E-state index contributed by atoms with van der Waals surface area (Å²) < 4.78 is 0. The highest BCUT2D eigenvalue weighted by atomic mass is 32.1. The summed E-state index contributed by atoms with van der Waals surface area (Å²) in [4.78, 5) is 0. The molecular weight excluding hydrogens is 192 g/mol. The lowest BCUT2D eigenvalue weighted by Gasteiger charge is -2.30. The Morgan fingerprint density at radius 1 is 1.29 bits per heavy atom. The second kappa shape index (κ2) is 6.23. The molecule has 14 heavy (non-hydrogen) atoms. The van der Waals surface area contributed by atoms with Gasteiger partial charge in [-0.3, -0.25) is 0 Å². The largest absolute Gasteiger partial charge is 0.363 e. The minimum atomic E-state index is 0.290. The molecule has 0 heterocycles. The molecule has 0 unspecified atom stereocenters. The second-order valence-corrected chi connectivity index (χ2v) is 5.16. The maximum atomic E-state index is 5.15. The number of hydrogen-bond acceptors (Lipinski definition) is 1. The van der Waals surface area contributed by atoms with Gasteiger partial charge in [0.15, 0.2) is 5.11 Å². The number of rotatable bonds is 5. The van der Waals surface area contributed by atoms with Crippen molar-refractivity contribution in [3.05, 3.63) is 0 Å². The maximum Gasteiger partial charge on any atom is 0.166 e. The standard InChI is InChI=1S/C11H24N2S/c1-6-7-12-10(14)13-8-11(4,5)9(2)3/h9H,6-8H2,1-5H3,(H2,12,13,14). The van der Waals surface area contributed by atoms with Crippen LogP contribution in [0.4, 0.5) is 0 Å². The van der Waals surface area contributed by atoms with Crippen LogP contribution in [0.25, 0.3) is 0 Å². The van der Waals surface area contributed by atoms with Gasteiger partial charge in [-0.05, 0) is 30.0 Å². The number of thiocarbonyl (C=S) groups is 1. The molecule has 0 saturated heterocycles. The molecule has 0 bridgehead atoms. The third-order valence-electron chi connectivity index (χ3n) is 2.80. The van der Waals surface area contributed by atoms with Crippen LogP contribution in [0.3, 0.4) is 0 Å². The summed E-state index contributed by atoms with van der Waals surface area (Å²) in [6.45, 7) is 13.0. The van der Waals surface area contributed by atoms with Crippen molar-refractivity contribution < 1.29 is 0 Å². The first-order valence-corrected chi connectivity index (χ1v) is 5.82. The molecule has 0 aliphatic rings. The first kappa shape index (κ1) is 13.7. The fourth-order valence-corrected chi connectivity index (χ4v) is 0.987. The van der Waals surface area contributed by atoms with Crippen LogP contribution in [-0.4, -0.2) is 18.2 Å². The van der Waals surface area contributed by atoms with Crippen LogP contribution in [0.1, 0.15) is 41.0 Å². The molecule has 0 rings (SSSR count). The predicted molar refractivity (Wildman–Crippen MR) is 67.5 cm³/mol. The van der Waals surface area contributed by atoms with E-state index < -0.39 is 0 Å². The zero-order chi connectivity index (χ0) is 11.2. The van der Waals surface area contributed by atoms with Crippen molar-refractivity contribution in [2.75, 3.05) is 13.1 Å². The maximum absolute atomic E-state index is 5.15. The zero-order valence-electron chi connectivity index (χ0n) is 10.1. The summed E-state index contributed by atoms with van der Waals surface area (Å²) in [5, 5.41) is 7.20. The van der Waals surface area contributed by atoms with Gasteiger partial charge in [0.25, 0.3) is 0 Å². The Kier molecular flexibility index (Phi) is 6.09. The van der Waals surface area contributed by atoms with Crippen LogP contribution < -0.4 is 10.6 Å². The first-order valence-electron chi connectivity index (χ1n) is 5.42. The van der Waals surface area contributed by atoms with E-state index in [1.54, 1.807) is 0 Å². The van der Waals surface area contributed by atoms with Gasteiger partial charge in [-0.2, -0.15) is 0 Å². The monoisotopic (exact) mass is 216 g/mol. The molecule has 0 aromatic heterocycles. The van der Waals surface area contributed by atoms with Crippen molar-refractivity contribution in [1.82, 2.24) is 10.6 Å². The Morgan fingerprint density at radius 2 is 1.86 bits per heavy atom. The minimum absolute atomic E-state index is 0.290. The average molecular weight is 216 g/mol. The lowest BCUT2D eigenvalue weighted by molar-refractivity contribution is 0.251. The molecule has 0 saturated carbocycles. The van der Waals surface area contributed by atoms with E-state index >= 15 is 0 Å². The van der Waals surface area contributed by atoms with Crippen LogP contribution in [0.2, 0.25) is 0 Å². The van der Waals surface area contributed by atoms with E-state index in [0.717, 1.165) is 24.6 Å². The molecule has 0 atom stereocenters. The summed E-state index contributed by atoms with van der Waals surface area (Å²) in [5.74, 6) is 0.656. The molecule has 2 nitrogen and oxygen atoms in total. The topological polar surface area (TPSA) is 24.1 Å². The van der Waals surface area contributed by atoms with E-state index in [1.807, 2.05) is 0 Å². The number of hydrogen-bond donors (Lipinski definition) is 2. The van der Waals surface area contributed by atoms with E-state index in [-0.39, 0.29) is 5.41 Å². The van der Waals surface area contributed by atoms with Crippen LogP contribution in [-0.2, 0) is 0 Å². The molecule has 0 aromatic rings. The molecule has 0 aliphatic heterocycles. The van der Waals surface area contributed by atoms with Crippen molar-refractivity contribution >= 4 is 17.3 Å². The molecule has 3 heteroatoms. The van der Waals surface area contributed by atoms with Gasteiger partial charge in [-0.25, -0.2) is 0 Å². The van der Waals surface area contributed by atoms with Gasteiger partial charge < -0.3 is 10.6 Å². The summed E-state index contributed by atoms with van der Waals surface area (Å²) in [6.07, 6.45) is 1.11. The third-order valence-corrected chi connectivity index (χ3v) is 3.09. The lowest BCUT2D eigenvalue weighted by atomic mass is 9.81. The van der Waals surface area contributed by atoms with Gasteiger partial charge in [0.2, 0.25) is 0 Å². The molecule has 0 amide bonds. The molecule has 2 N–H and O–H groups in total. The van der Waals surface area contributed by atoms with Crippen molar-refractivity contribution in [3.63, 3.8) is 0 Å². The van der Waals surface area contributed by atoms with Gasteiger partial charge in [0.05, 0.1) is 0 Å². The van der Waals surface area contributed by atoms with Crippen LogP contribution in [0, 0.1) is 11.3 Å². The Labute approximate surface area is 93.8 Å². The average Bonchev–Trinajstić information content (AvgIpc) is 2.11. The fourth-order valence-electron chi connectivity index (χ4n) is 0.813. The van der Waals surface area contributed by atoms with Gasteiger partial charge in [0, 0.05) is 13.1 Å². The molecule has 0 aliphatic carbocycles. The third kappa shape index (κ3) is 5.43.